The van der Waals surface area contributed by atoms with E-state index in [1.54, 1.807) is 0 Å². The van der Waals surface area contributed by atoms with E-state index in [1.807, 2.05) is 24.3 Å². The highest BCUT2D eigenvalue weighted by atomic mass is 35.5. The standard InChI is InChI=1S/C11H13ClN2O/c12-10-4-2-1-3-8(10)5-9-6-13-7-11(15)14-9/h1-4,9,13H,5-7H2,(H,14,15). The van der Waals surface area contributed by atoms with Crippen molar-refractivity contribution in [3.63, 3.8) is 0 Å². The number of benzene rings is 1. The van der Waals surface area contributed by atoms with Crippen molar-refractivity contribution in [1.29, 1.82) is 0 Å². The minimum Gasteiger partial charge on any atom is -0.351 e. The Balaban J connectivity index is 2.02. The van der Waals surface area contributed by atoms with E-state index >= 15 is 0 Å². The Labute approximate surface area is 93.8 Å². The SMILES string of the molecule is O=C1CNCC(Cc2ccccc2Cl)N1. The van der Waals surface area contributed by atoms with E-state index < -0.39 is 0 Å². The number of nitrogens with one attached hydrogen (secondary N) is 2. The molecule has 1 amide bonds. The molecule has 0 spiro atoms. The van der Waals surface area contributed by atoms with Gasteiger partial charge in [-0.05, 0) is 18.1 Å². The lowest BCUT2D eigenvalue weighted by Crippen LogP contribution is -2.52. The van der Waals surface area contributed by atoms with Crippen molar-refractivity contribution in [2.75, 3.05) is 13.1 Å². The Morgan fingerprint density at radius 2 is 2.20 bits per heavy atom. The topological polar surface area (TPSA) is 41.1 Å². The third kappa shape index (κ3) is 2.70. The second-order valence-electron chi connectivity index (χ2n) is 3.69. The van der Waals surface area contributed by atoms with Gasteiger partial charge in [0.05, 0.1) is 6.54 Å². The van der Waals surface area contributed by atoms with Crippen LogP contribution >= 0.6 is 11.6 Å². The molecule has 2 rings (SSSR count). The Kier molecular flexibility index (Phi) is 3.23. The van der Waals surface area contributed by atoms with Gasteiger partial charge in [-0.2, -0.15) is 0 Å². The van der Waals surface area contributed by atoms with Crippen LogP contribution in [0.1, 0.15) is 5.56 Å². The van der Waals surface area contributed by atoms with Gasteiger partial charge in [0.1, 0.15) is 0 Å². The third-order valence-electron chi connectivity index (χ3n) is 2.47. The number of carbonyl (C=O) groups excluding carboxylic acids is 1. The van der Waals surface area contributed by atoms with Crippen LogP contribution < -0.4 is 10.6 Å². The molecule has 1 saturated heterocycles. The maximum atomic E-state index is 11.1. The third-order valence-corrected chi connectivity index (χ3v) is 2.83. The van der Waals surface area contributed by atoms with E-state index in [0.717, 1.165) is 23.6 Å². The number of hydrogen-bond donors (Lipinski definition) is 2. The lowest BCUT2D eigenvalue weighted by Gasteiger charge is -2.24. The molecule has 80 valence electrons. The molecule has 0 aromatic heterocycles. The summed E-state index contributed by atoms with van der Waals surface area (Å²) in [5.74, 6) is 0.0540. The molecule has 0 saturated carbocycles. The van der Waals surface area contributed by atoms with Gasteiger partial charge in [0.15, 0.2) is 0 Å². The summed E-state index contributed by atoms with van der Waals surface area (Å²) in [6.45, 7) is 1.22. The molecule has 1 aliphatic rings. The minimum absolute atomic E-state index is 0.0540. The van der Waals surface area contributed by atoms with Gasteiger partial charge >= 0.3 is 0 Å². The van der Waals surface area contributed by atoms with E-state index in [-0.39, 0.29) is 11.9 Å². The average Bonchev–Trinajstić information content (AvgIpc) is 2.22. The Morgan fingerprint density at radius 3 is 2.93 bits per heavy atom. The molecule has 1 fully saturated rings. The summed E-state index contributed by atoms with van der Waals surface area (Å²) >= 11 is 6.05. The quantitative estimate of drug-likeness (QED) is 0.786. The highest BCUT2D eigenvalue weighted by molar-refractivity contribution is 6.31. The van der Waals surface area contributed by atoms with Crippen LogP contribution in [0.25, 0.3) is 0 Å². The molecule has 1 atom stereocenters. The molecule has 0 aliphatic carbocycles. The van der Waals surface area contributed by atoms with Crippen LogP contribution in [0.5, 0.6) is 0 Å². The normalized spacial score (nSPS) is 21.1. The molecule has 1 aromatic rings. The van der Waals surface area contributed by atoms with E-state index in [0.29, 0.717) is 6.54 Å². The smallest absolute Gasteiger partial charge is 0.234 e. The number of piperazine rings is 1. The fourth-order valence-electron chi connectivity index (χ4n) is 1.74. The van der Waals surface area contributed by atoms with Crippen LogP contribution in [0, 0.1) is 0 Å². The number of rotatable bonds is 2. The summed E-state index contributed by atoms with van der Waals surface area (Å²) in [6, 6.07) is 7.87. The van der Waals surface area contributed by atoms with Crippen molar-refractivity contribution in [3.05, 3.63) is 34.9 Å². The zero-order chi connectivity index (χ0) is 10.7. The van der Waals surface area contributed by atoms with Crippen LogP contribution in [0.4, 0.5) is 0 Å². The lowest BCUT2D eigenvalue weighted by molar-refractivity contribution is -0.122. The van der Waals surface area contributed by atoms with Gasteiger partial charge in [-0.25, -0.2) is 0 Å². The van der Waals surface area contributed by atoms with Crippen molar-refractivity contribution in [3.8, 4) is 0 Å². The first-order valence-corrected chi connectivity index (χ1v) is 5.37. The second-order valence-corrected chi connectivity index (χ2v) is 4.10. The van der Waals surface area contributed by atoms with E-state index in [9.17, 15) is 4.79 Å². The van der Waals surface area contributed by atoms with Crippen LogP contribution in [0.2, 0.25) is 5.02 Å². The molecular weight excluding hydrogens is 212 g/mol. The summed E-state index contributed by atoms with van der Waals surface area (Å²) in [5, 5.41) is 6.76. The van der Waals surface area contributed by atoms with Crippen LogP contribution in [0.3, 0.4) is 0 Å². The summed E-state index contributed by atoms with van der Waals surface area (Å²) in [6.07, 6.45) is 0.776. The van der Waals surface area contributed by atoms with E-state index in [4.69, 9.17) is 11.6 Å². The first kappa shape index (κ1) is 10.5. The number of hydrogen-bond acceptors (Lipinski definition) is 2. The summed E-state index contributed by atoms with van der Waals surface area (Å²) in [5.41, 5.74) is 1.08. The van der Waals surface area contributed by atoms with Crippen molar-refractivity contribution < 1.29 is 4.79 Å². The lowest BCUT2D eigenvalue weighted by atomic mass is 10.0. The van der Waals surface area contributed by atoms with E-state index in [2.05, 4.69) is 10.6 Å². The molecular formula is C11H13ClN2O. The Bertz CT molecular complexity index is 367. The molecule has 3 nitrogen and oxygen atoms in total. The zero-order valence-electron chi connectivity index (χ0n) is 8.29. The Hall–Kier alpha value is -1.06. The molecule has 0 bridgehead atoms. The molecule has 15 heavy (non-hydrogen) atoms. The van der Waals surface area contributed by atoms with Gasteiger partial charge in [-0.15, -0.1) is 0 Å². The monoisotopic (exact) mass is 224 g/mol. The largest absolute Gasteiger partial charge is 0.351 e. The summed E-state index contributed by atoms with van der Waals surface area (Å²) in [7, 11) is 0. The Morgan fingerprint density at radius 1 is 1.40 bits per heavy atom. The van der Waals surface area contributed by atoms with Crippen LogP contribution in [0.15, 0.2) is 24.3 Å². The molecule has 1 aromatic carbocycles. The molecule has 1 unspecified atom stereocenters. The highest BCUT2D eigenvalue weighted by Crippen LogP contribution is 2.16. The number of carbonyl (C=O) groups is 1. The zero-order valence-corrected chi connectivity index (χ0v) is 9.05. The fraction of sp³-hybridized carbons (Fsp3) is 0.364. The molecule has 1 heterocycles. The first-order chi connectivity index (χ1) is 7.25. The predicted molar refractivity (Wildman–Crippen MR) is 60.0 cm³/mol. The van der Waals surface area contributed by atoms with Gasteiger partial charge < -0.3 is 10.6 Å². The maximum absolute atomic E-state index is 11.1. The van der Waals surface area contributed by atoms with E-state index in [1.165, 1.54) is 0 Å². The molecule has 2 N–H and O–H groups in total. The second kappa shape index (κ2) is 4.64. The fourth-order valence-corrected chi connectivity index (χ4v) is 1.96. The average molecular weight is 225 g/mol. The van der Waals surface area contributed by atoms with Crippen molar-refractivity contribution >= 4 is 17.5 Å². The minimum atomic E-state index is 0.0540. The highest BCUT2D eigenvalue weighted by Gasteiger charge is 2.18. The molecule has 1 aliphatic heterocycles. The van der Waals surface area contributed by atoms with Gasteiger partial charge in [0.25, 0.3) is 0 Å². The summed E-state index contributed by atoms with van der Waals surface area (Å²) < 4.78 is 0. The predicted octanol–water partition coefficient (Wildman–Crippen LogP) is 0.970. The van der Waals surface area contributed by atoms with Gasteiger partial charge in [0.2, 0.25) is 5.91 Å². The summed E-state index contributed by atoms with van der Waals surface area (Å²) in [4.78, 5) is 11.1. The molecule has 4 heteroatoms. The van der Waals surface area contributed by atoms with Crippen molar-refractivity contribution in [2.45, 2.75) is 12.5 Å². The van der Waals surface area contributed by atoms with Crippen molar-refractivity contribution in [2.24, 2.45) is 0 Å². The van der Waals surface area contributed by atoms with Gasteiger partial charge in [-0.3, -0.25) is 4.79 Å². The molecule has 0 radical (unpaired) electrons. The first-order valence-electron chi connectivity index (χ1n) is 4.99. The number of amides is 1. The van der Waals surface area contributed by atoms with Gasteiger partial charge in [-0.1, -0.05) is 29.8 Å². The van der Waals surface area contributed by atoms with Crippen LogP contribution in [-0.4, -0.2) is 25.0 Å². The van der Waals surface area contributed by atoms with Gasteiger partial charge in [0, 0.05) is 17.6 Å². The maximum Gasteiger partial charge on any atom is 0.234 e. The van der Waals surface area contributed by atoms with Crippen LogP contribution in [-0.2, 0) is 11.2 Å². The van der Waals surface area contributed by atoms with Crippen molar-refractivity contribution in [1.82, 2.24) is 10.6 Å². The number of halogens is 1.